The number of hydrogen-bond donors (Lipinski definition) is 0. The predicted octanol–water partition coefficient (Wildman–Crippen LogP) is 6.69. The number of carbonyl (C=O) groups excluding carboxylic acids is 1. The fraction of sp³-hybridized carbons (Fsp3) is 0.467. The summed E-state index contributed by atoms with van der Waals surface area (Å²) < 4.78 is 43.2. The Kier molecular flexibility index (Phi) is 8.04. The van der Waals surface area contributed by atoms with Gasteiger partial charge in [0.15, 0.2) is 5.67 Å². The minimum Gasteiger partial charge on any atom is -0.369 e. The van der Waals surface area contributed by atoms with E-state index < -0.39 is 18.0 Å². The van der Waals surface area contributed by atoms with Gasteiger partial charge in [0.2, 0.25) is 0 Å². The molecule has 3 heterocycles. The number of rotatable bonds is 6. The maximum Gasteiger partial charge on any atom is 0.280 e. The lowest BCUT2D eigenvalue weighted by Crippen LogP contribution is -2.53. The van der Waals surface area contributed by atoms with Crippen LogP contribution in [0.5, 0.6) is 0 Å². The molecule has 3 aromatic rings. The van der Waals surface area contributed by atoms with Gasteiger partial charge in [-0.25, -0.2) is 13.2 Å². The molecule has 1 unspecified atom stereocenters. The van der Waals surface area contributed by atoms with E-state index in [4.69, 9.17) is 11.6 Å². The molecule has 0 N–H and O–H groups in total. The first-order valence-corrected chi connectivity index (χ1v) is 14.1. The van der Waals surface area contributed by atoms with Crippen molar-refractivity contribution in [3.63, 3.8) is 0 Å². The van der Waals surface area contributed by atoms with Crippen molar-refractivity contribution in [2.24, 2.45) is 0 Å². The average Bonchev–Trinajstić information content (AvgIpc) is 3.34. The molecule has 2 saturated heterocycles. The van der Waals surface area contributed by atoms with Gasteiger partial charge < -0.3 is 14.7 Å². The van der Waals surface area contributed by atoms with Crippen molar-refractivity contribution in [3.05, 3.63) is 64.9 Å². The fourth-order valence-electron chi connectivity index (χ4n) is 5.80. The molecule has 2 aromatic carbocycles. The van der Waals surface area contributed by atoms with Gasteiger partial charge in [0.25, 0.3) is 12.3 Å². The fourth-order valence-corrected chi connectivity index (χ4v) is 5.97. The summed E-state index contributed by atoms with van der Waals surface area (Å²) in [5.74, 6) is -0.467. The molecule has 2 aliphatic rings. The van der Waals surface area contributed by atoms with Gasteiger partial charge in [0.05, 0.1) is 12.2 Å². The molecular formula is C30H35ClF3N5O. The molecule has 2 aliphatic heterocycles. The van der Waals surface area contributed by atoms with Crippen molar-refractivity contribution in [1.82, 2.24) is 14.7 Å². The number of aromatic nitrogens is 2. The van der Waals surface area contributed by atoms with Gasteiger partial charge in [0, 0.05) is 61.2 Å². The Hall–Kier alpha value is -3.20. The Morgan fingerprint density at radius 3 is 2.38 bits per heavy atom. The van der Waals surface area contributed by atoms with Gasteiger partial charge >= 0.3 is 0 Å². The predicted molar refractivity (Wildman–Crippen MR) is 153 cm³/mol. The second-order valence-corrected chi connectivity index (χ2v) is 11.6. The van der Waals surface area contributed by atoms with E-state index in [0.717, 1.165) is 41.9 Å². The monoisotopic (exact) mass is 573 g/mol. The van der Waals surface area contributed by atoms with Crippen LogP contribution in [0.4, 0.5) is 24.5 Å². The van der Waals surface area contributed by atoms with E-state index in [0.29, 0.717) is 43.3 Å². The molecule has 0 bridgehead atoms. The summed E-state index contributed by atoms with van der Waals surface area (Å²) in [6.07, 6.45) is 0.582. The van der Waals surface area contributed by atoms with Gasteiger partial charge in [-0.05, 0) is 69.0 Å². The Morgan fingerprint density at radius 2 is 1.73 bits per heavy atom. The number of benzene rings is 2. The zero-order valence-electron chi connectivity index (χ0n) is 23.1. The van der Waals surface area contributed by atoms with Crippen LogP contribution in [-0.2, 0) is 4.79 Å². The molecule has 0 aliphatic carbocycles. The van der Waals surface area contributed by atoms with Gasteiger partial charge in [-0.15, -0.1) is 0 Å². The van der Waals surface area contributed by atoms with Crippen LogP contribution in [0.1, 0.15) is 50.4 Å². The van der Waals surface area contributed by atoms with E-state index in [-0.39, 0.29) is 11.7 Å². The number of amides is 1. The molecule has 2 fully saturated rings. The second kappa shape index (κ2) is 11.4. The van der Waals surface area contributed by atoms with E-state index in [1.165, 1.54) is 24.7 Å². The highest BCUT2D eigenvalue weighted by Crippen LogP contribution is 2.38. The normalized spacial score (nSPS) is 18.5. The molecule has 0 radical (unpaired) electrons. The molecule has 1 atom stereocenters. The molecule has 214 valence electrons. The van der Waals surface area contributed by atoms with Crippen LogP contribution in [-0.4, -0.2) is 65.5 Å². The van der Waals surface area contributed by atoms with Crippen LogP contribution in [0.3, 0.4) is 0 Å². The van der Waals surface area contributed by atoms with Gasteiger partial charge in [0.1, 0.15) is 5.69 Å². The van der Waals surface area contributed by atoms with Gasteiger partial charge in [-0.2, -0.15) is 5.10 Å². The summed E-state index contributed by atoms with van der Waals surface area (Å²) in [6.45, 7) is 7.86. The lowest BCUT2D eigenvalue weighted by molar-refractivity contribution is -0.142. The molecule has 0 spiro atoms. The molecule has 1 aromatic heterocycles. The molecule has 0 saturated carbocycles. The van der Waals surface area contributed by atoms with E-state index >= 15 is 0 Å². The first kappa shape index (κ1) is 28.3. The molecule has 5 rings (SSSR count). The quantitative estimate of drug-likeness (QED) is 0.330. The van der Waals surface area contributed by atoms with Crippen LogP contribution >= 0.6 is 11.6 Å². The minimum atomic E-state index is -2.57. The summed E-state index contributed by atoms with van der Waals surface area (Å²) in [5.41, 5.74) is 2.68. The Labute approximate surface area is 238 Å². The first-order valence-electron chi connectivity index (χ1n) is 13.7. The summed E-state index contributed by atoms with van der Waals surface area (Å²) >= 11 is 6.43. The first-order chi connectivity index (χ1) is 19.0. The zero-order chi connectivity index (χ0) is 28.6. The highest BCUT2D eigenvalue weighted by atomic mass is 35.5. The van der Waals surface area contributed by atoms with Crippen LogP contribution < -0.4 is 9.80 Å². The van der Waals surface area contributed by atoms with E-state index in [1.807, 2.05) is 18.2 Å². The van der Waals surface area contributed by atoms with Crippen molar-refractivity contribution in [2.75, 3.05) is 49.1 Å². The third kappa shape index (κ3) is 5.80. The maximum atomic E-state index is 14.1. The van der Waals surface area contributed by atoms with E-state index in [2.05, 4.69) is 39.2 Å². The molecular weight excluding hydrogens is 539 g/mol. The third-order valence-electron chi connectivity index (χ3n) is 7.90. The Balaban J connectivity index is 1.34. The van der Waals surface area contributed by atoms with Gasteiger partial charge in [-0.1, -0.05) is 29.8 Å². The molecule has 10 heteroatoms. The van der Waals surface area contributed by atoms with Gasteiger partial charge in [-0.3, -0.25) is 9.48 Å². The SMILES string of the molecule is Cc1cnn(C2CCCN(c3cc(Cl)ccc3-c3ccc(N4CCN(C(=O)C(C)(C)F)CC4)cc3)C2)c1C(F)F. The van der Waals surface area contributed by atoms with E-state index in [1.54, 1.807) is 11.8 Å². The summed E-state index contributed by atoms with van der Waals surface area (Å²) in [4.78, 5) is 18.3. The number of carbonyl (C=O) groups is 1. The van der Waals surface area contributed by atoms with Crippen LogP contribution in [0.15, 0.2) is 48.7 Å². The number of piperazine rings is 1. The minimum absolute atomic E-state index is 0.00707. The average molecular weight is 574 g/mol. The zero-order valence-corrected chi connectivity index (χ0v) is 23.8. The van der Waals surface area contributed by atoms with Crippen molar-refractivity contribution < 1.29 is 18.0 Å². The summed E-state index contributed by atoms with van der Waals surface area (Å²) in [5, 5.41) is 4.92. The Morgan fingerprint density at radius 1 is 1.02 bits per heavy atom. The smallest absolute Gasteiger partial charge is 0.280 e. The Bertz CT molecular complexity index is 1350. The number of halogens is 4. The number of anilines is 2. The number of piperidine rings is 1. The van der Waals surface area contributed by atoms with Crippen LogP contribution in [0, 0.1) is 6.92 Å². The topological polar surface area (TPSA) is 44.6 Å². The largest absolute Gasteiger partial charge is 0.369 e. The lowest BCUT2D eigenvalue weighted by atomic mass is 9.99. The van der Waals surface area contributed by atoms with Crippen molar-refractivity contribution >= 4 is 28.9 Å². The van der Waals surface area contributed by atoms with Crippen LogP contribution in [0.2, 0.25) is 5.02 Å². The van der Waals surface area contributed by atoms with Crippen molar-refractivity contribution in [3.8, 4) is 11.1 Å². The maximum absolute atomic E-state index is 14.1. The molecule has 6 nitrogen and oxygen atoms in total. The lowest BCUT2D eigenvalue weighted by Gasteiger charge is -2.38. The van der Waals surface area contributed by atoms with E-state index in [9.17, 15) is 18.0 Å². The third-order valence-corrected chi connectivity index (χ3v) is 8.13. The van der Waals surface area contributed by atoms with Crippen molar-refractivity contribution in [1.29, 1.82) is 0 Å². The molecule has 40 heavy (non-hydrogen) atoms. The number of alkyl halides is 3. The highest BCUT2D eigenvalue weighted by molar-refractivity contribution is 6.31. The number of nitrogens with zero attached hydrogens (tertiary/aromatic N) is 5. The number of hydrogen-bond acceptors (Lipinski definition) is 4. The van der Waals surface area contributed by atoms with Crippen LogP contribution in [0.25, 0.3) is 11.1 Å². The second-order valence-electron chi connectivity index (χ2n) is 11.2. The summed E-state index contributed by atoms with van der Waals surface area (Å²) in [6, 6.07) is 13.9. The standard InChI is InChI=1S/C30H35ClF3N5O/c1-20-18-35-39(27(20)28(32)33)24-5-4-12-38(19-24)26-17-22(31)8-11-25(26)21-6-9-23(10-7-21)36-13-15-37(16-14-36)29(40)30(2,3)34/h6-11,17-18,24,28H,4-5,12-16,19H2,1-3H3. The number of aryl methyl sites for hydroxylation is 1. The summed E-state index contributed by atoms with van der Waals surface area (Å²) in [7, 11) is 0. The van der Waals surface area contributed by atoms with Crippen molar-refractivity contribution in [2.45, 2.75) is 51.7 Å². The molecule has 1 amide bonds. The highest BCUT2D eigenvalue weighted by Gasteiger charge is 2.33.